The first-order valence-corrected chi connectivity index (χ1v) is 6.79. The Labute approximate surface area is 127 Å². The highest BCUT2D eigenvalue weighted by molar-refractivity contribution is 6.01. The molecule has 0 spiro atoms. The van der Waals surface area contributed by atoms with Crippen molar-refractivity contribution in [3.8, 4) is 11.1 Å². The molecule has 0 aliphatic rings. The lowest BCUT2D eigenvalue weighted by atomic mass is 10.1. The minimum Gasteiger partial charge on any atom is -0.307 e. The van der Waals surface area contributed by atoms with E-state index in [1.54, 1.807) is 36.4 Å². The van der Waals surface area contributed by atoms with Gasteiger partial charge in [-0.25, -0.2) is 4.79 Å². The maximum Gasteiger partial charge on any atom is 0.324 e. The lowest BCUT2D eigenvalue weighted by Gasteiger charge is -2.11. The largest absolute Gasteiger partial charge is 0.324 e. The fraction of sp³-hybridized carbons (Fsp3) is 0.0625. The summed E-state index contributed by atoms with van der Waals surface area (Å²) in [4.78, 5) is 16.1. The molecule has 0 fully saturated rings. The summed E-state index contributed by atoms with van der Waals surface area (Å²) in [6, 6.07) is 12.8. The molecular weight excluding hydrogens is 278 g/mol. The van der Waals surface area contributed by atoms with Crippen LogP contribution in [0.15, 0.2) is 61.1 Å². The first-order valence-electron chi connectivity index (χ1n) is 6.79. The highest BCUT2D eigenvalue weighted by atomic mass is 16.2. The van der Waals surface area contributed by atoms with Crippen LogP contribution in [0, 0.1) is 0 Å². The van der Waals surface area contributed by atoms with Crippen LogP contribution in [0.5, 0.6) is 0 Å². The van der Waals surface area contributed by atoms with E-state index in [1.807, 2.05) is 36.4 Å². The average molecular weight is 293 g/mol. The first kappa shape index (κ1) is 13.8. The van der Waals surface area contributed by atoms with Gasteiger partial charge in [0.1, 0.15) is 0 Å². The van der Waals surface area contributed by atoms with Gasteiger partial charge >= 0.3 is 6.03 Å². The van der Waals surface area contributed by atoms with Gasteiger partial charge in [-0.1, -0.05) is 18.2 Å². The molecule has 2 aromatic heterocycles. The van der Waals surface area contributed by atoms with E-state index in [2.05, 4.69) is 20.7 Å². The van der Waals surface area contributed by atoms with Crippen molar-refractivity contribution in [3.05, 3.63) is 61.1 Å². The lowest BCUT2D eigenvalue weighted by molar-refractivity contribution is 0.262. The summed E-state index contributed by atoms with van der Waals surface area (Å²) in [6.07, 6.45) is 5.21. The van der Waals surface area contributed by atoms with E-state index in [9.17, 15) is 4.79 Å². The number of carbonyl (C=O) groups excluding carboxylic acids is 1. The zero-order chi connectivity index (χ0) is 15.4. The normalized spacial score (nSPS) is 10.2. The predicted octanol–water partition coefficient (Wildman–Crippen LogP) is 3.13. The molecule has 6 heteroatoms. The van der Waals surface area contributed by atoms with Crippen molar-refractivity contribution in [2.75, 3.05) is 10.6 Å². The van der Waals surface area contributed by atoms with Crippen LogP contribution in [0.25, 0.3) is 11.1 Å². The maximum atomic E-state index is 12.1. The van der Waals surface area contributed by atoms with Crippen molar-refractivity contribution in [1.29, 1.82) is 0 Å². The number of aryl methyl sites for hydroxylation is 1. The van der Waals surface area contributed by atoms with Gasteiger partial charge in [0.2, 0.25) is 0 Å². The van der Waals surface area contributed by atoms with Crippen LogP contribution in [0.2, 0.25) is 0 Å². The van der Waals surface area contributed by atoms with Gasteiger partial charge in [0.15, 0.2) is 5.82 Å². The minimum atomic E-state index is -0.333. The van der Waals surface area contributed by atoms with Crippen molar-refractivity contribution >= 4 is 17.5 Å². The zero-order valence-electron chi connectivity index (χ0n) is 12.0. The number of rotatable bonds is 3. The van der Waals surface area contributed by atoms with E-state index in [0.29, 0.717) is 5.82 Å². The molecule has 3 rings (SSSR count). The van der Waals surface area contributed by atoms with Crippen molar-refractivity contribution in [3.63, 3.8) is 0 Å². The maximum absolute atomic E-state index is 12.1. The second kappa shape index (κ2) is 6.09. The number of aromatic nitrogens is 3. The topological polar surface area (TPSA) is 71.8 Å². The zero-order valence-corrected chi connectivity index (χ0v) is 12.0. The number of amides is 2. The molecule has 0 unspecified atom stereocenters. The van der Waals surface area contributed by atoms with Gasteiger partial charge in [-0.3, -0.25) is 15.0 Å². The molecule has 1 aromatic carbocycles. The fourth-order valence-electron chi connectivity index (χ4n) is 2.13. The molecule has 2 N–H and O–H groups in total. The monoisotopic (exact) mass is 293 g/mol. The second-order valence-electron chi connectivity index (χ2n) is 4.74. The number of nitrogens with zero attached hydrogens (tertiary/aromatic N) is 3. The van der Waals surface area contributed by atoms with E-state index in [1.165, 1.54) is 0 Å². The van der Waals surface area contributed by atoms with Crippen molar-refractivity contribution in [1.82, 2.24) is 14.8 Å². The summed E-state index contributed by atoms with van der Waals surface area (Å²) >= 11 is 0. The third-order valence-electron chi connectivity index (χ3n) is 3.12. The highest BCUT2D eigenvalue weighted by Gasteiger charge is 2.09. The Hall–Kier alpha value is -3.15. The molecule has 110 valence electrons. The molecule has 22 heavy (non-hydrogen) atoms. The van der Waals surface area contributed by atoms with Crippen LogP contribution >= 0.6 is 0 Å². The second-order valence-corrected chi connectivity index (χ2v) is 4.74. The third kappa shape index (κ3) is 3.12. The van der Waals surface area contributed by atoms with Gasteiger partial charge < -0.3 is 5.32 Å². The van der Waals surface area contributed by atoms with Crippen molar-refractivity contribution < 1.29 is 4.79 Å². The quantitative estimate of drug-likeness (QED) is 0.779. The molecule has 6 nitrogen and oxygen atoms in total. The van der Waals surface area contributed by atoms with Crippen LogP contribution < -0.4 is 10.6 Å². The van der Waals surface area contributed by atoms with Gasteiger partial charge in [-0.2, -0.15) is 5.10 Å². The lowest BCUT2D eigenvalue weighted by Crippen LogP contribution is -2.20. The summed E-state index contributed by atoms with van der Waals surface area (Å²) < 4.78 is 1.63. The smallest absolute Gasteiger partial charge is 0.307 e. The first-order chi connectivity index (χ1) is 10.7. The molecular formula is C16H15N5O. The summed E-state index contributed by atoms with van der Waals surface area (Å²) in [6.45, 7) is 0. The molecule has 0 saturated heterocycles. The summed E-state index contributed by atoms with van der Waals surface area (Å²) in [5.41, 5.74) is 2.65. The number of hydrogen-bond donors (Lipinski definition) is 2. The standard InChI is InChI=1S/C16H15N5O/c1-21-11-8-15(20-21)19-16(22)18-14-5-3-2-4-13(14)12-6-9-17-10-7-12/h2-11H,1H3,(H2,18,19,20,22). The van der Waals surface area contributed by atoms with Gasteiger partial charge in [-0.05, 0) is 23.8 Å². The van der Waals surface area contributed by atoms with Gasteiger partial charge in [0.25, 0.3) is 0 Å². The van der Waals surface area contributed by atoms with Gasteiger partial charge in [0, 0.05) is 37.3 Å². The average Bonchev–Trinajstić information content (AvgIpc) is 2.93. The third-order valence-corrected chi connectivity index (χ3v) is 3.12. The Kier molecular flexibility index (Phi) is 3.82. The number of carbonyl (C=O) groups is 1. The van der Waals surface area contributed by atoms with Crippen LogP contribution in [0.4, 0.5) is 16.3 Å². The minimum absolute atomic E-state index is 0.333. The summed E-state index contributed by atoms with van der Waals surface area (Å²) in [7, 11) is 1.79. The number of pyridine rings is 1. The van der Waals surface area contributed by atoms with Crippen LogP contribution in [-0.4, -0.2) is 20.8 Å². The number of hydrogen-bond acceptors (Lipinski definition) is 3. The molecule has 0 saturated carbocycles. The Bertz CT molecular complexity index is 782. The summed E-state index contributed by atoms with van der Waals surface area (Å²) in [5, 5.41) is 9.65. The van der Waals surface area contributed by atoms with Crippen LogP contribution in [0.1, 0.15) is 0 Å². The molecule has 0 atom stereocenters. The number of nitrogens with one attached hydrogen (secondary N) is 2. The van der Waals surface area contributed by atoms with Crippen molar-refractivity contribution in [2.24, 2.45) is 7.05 Å². The molecule has 3 aromatic rings. The SMILES string of the molecule is Cn1ccc(NC(=O)Nc2ccccc2-c2ccncc2)n1. The van der Waals surface area contributed by atoms with Gasteiger partial charge in [0.05, 0.1) is 5.69 Å². The molecule has 2 amide bonds. The number of para-hydroxylation sites is 1. The molecule has 0 aliphatic carbocycles. The highest BCUT2D eigenvalue weighted by Crippen LogP contribution is 2.27. The van der Waals surface area contributed by atoms with Crippen LogP contribution in [0.3, 0.4) is 0 Å². The van der Waals surface area contributed by atoms with E-state index >= 15 is 0 Å². The van der Waals surface area contributed by atoms with E-state index in [0.717, 1.165) is 16.8 Å². The van der Waals surface area contributed by atoms with Gasteiger partial charge in [-0.15, -0.1) is 0 Å². The molecule has 0 radical (unpaired) electrons. The van der Waals surface area contributed by atoms with Crippen LogP contribution in [-0.2, 0) is 7.05 Å². The Morgan fingerprint density at radius 1 is 1.05 bits per heavy atom. The number of urea groups is 1. The van der Waals surface area contributed by atoms with E-state index < -0.39 is 0 Å². The Morgan fingerprint density at radius 2 is 1.82 bits per heavy atom. The Morgan fingerprint density at radius 3 is 2.55 bits per heavy atom. The fourth-order valence-corrected chi connectivity index (χ4v) is 2.13. The predicted molar refractivity (Wildman–Crippen MR) is 85.5 cm³/mol. The number of benzene rings is 1. The van der Waals surface area contributed by atoms with E-state index in [4.69, 9.17) is 0 Å². The van der Waals surface area contributed by atoms with Crippen molar-refractivity contribution in [2.45, 2.75) is 0 Å². The summed E-state index contributed by atoms with van der Waals surface area (Å²) in [5.74, 6) is 0.501. The Balaban J connectivity index is 1.79. The molecule has 0 aliphatic heterocycles. The molecule has 2 heterocycles. The molecule has 0 bridgehead atoms. The number of anilines is 2. The van der Waals surface area contributed by atoms with E-state index in [-0.39, 0.29) is 6.03 Å².